The molecule has 1 unspecified atom stereocenters. The zero-order valence-corrected chi connectivity index (χ0v) is 8.35. The number of phenols is 1. The molecule has 3 nitrogen and oxygen atoms in total. The first-order valence-electron chi connectivity index (χ1n) is 3.95. The zero-order chi connectivity index (χ0) is 11.7. The summed E-state index contributed by atoms with van der Waals surface area (Å²) in [7, 11) is 0. The van der Waals surface area contributed by atoms with Gasteiger partial charge in [0.25, 0.3) is 0 Å². The van der Waals surface area contributed by atoms with Crippen LogP contribution in [0.5, 0.6) is 5.75 Å². The van der Waals surface area contributed by atoms with Gasteiger partial charge in [0.05, 0.1) is 10.9 Å². The van der Waals surface area contributed by atoms with Crippen molar-refractivity contribution in [3.05, 3.63) is 28.3 Å². The minimum Gasteiger partial charge on any atom is -0.505 e. The van der Waals surface area contributed by atoms with E-state index in [1.54, 1.807) is 0 Å². The normalized spacial score (nSPS) is 12.5. The Hall–Kier alpha value is -1.36. The van der Waals surface area contributed by atoms with E-state index in [9.17, 15) is 18.7 Å². The van der Waals surface area contributed by atoms with Crippen molar-refractivity contribution < 1.29 is 23.8 Å². The number of aromatic hydroxyl groups is 1. The van der Waals surface area contributed by atoms with Gasteiger partial charge >= 0.3 is 5.97 Å². The molecule has 0 aliphatic heterocycles. The van der Waals surface area contributed by atoms with E-state index in [4.69, 9.17) is 16.7 Å². The summed E-state index contributed by atoms with van der Waals surface area (Å²) in [5.74, 6) is -6.05. The average Bonchev–Trinajstić information content (AvgIpc) is 2.15. The van der Waals surface area contributed by atoms with E-state index in [1.165, 1.54) is 0 Å². The fourth-order valence-electron chi connectivity index (χ4n) is 1.12. The third-order valence-electron chi connectivity index (χ3n) is 1.98. The molecular weight excluding hydrogens is 230 g/mol. The van der Waals surface area contributed by atoms with Gasteiger partial charge in [-0.25, -0.2) is 8.78 Å². The first kappa shape index (κ1) is 11.7. The molecule has 0 bridgehead atoms. The summed E-state index contributed by atoms with van der Waals surface area (Å²) in [6.45, 7) is 1.12. The lowest BCUT2D eigenvalue weighted by molar-refractivity contribution is -0.138. The van der Waals surface area contributed by atoms with Crippen LogP contribution in [0.15, 0.2) is 6.07 Å². The molecule has 1 aromatic carbocycles. The number of hydrogen-bond acceptors (Lipinski definition) is 2. The maximum absolute atomic E-state index is 13.3. The van der Waals surface area contributed by atoms with E-state index in [0.29, 0.717) is 6.07 Å². The van der Waals surface area contributed by atoms with Crippen molar-refractivity contribution in [3.8, 4) is 5.75 Å². The van der Waals surface area contributed by atoms with Crippen molar-refractivity contribution in [2.45, 2.75) is 12.8 Å². The van der Waals surface area contributed by atoms with Crippen LogP contribution in [0.3, 0.4) is 0 Å². The maximum atomic E-state index is 13.3. The Morgan fingerprint density at radius 3 is 2.53 bits per heavy atom. The Bertz CT molecular complexity index is 394. The Kier molecular flexibility index (Phi) is 3.14. The number of carboxylic acids is 1. The predicted octanol–water partition coefficient (Wildman–Crippen LogP) is 2.51. The van der Waals surface area contributed by atoms with Crippen LogP contribution in [0.1, 0.15) is 18.4 Å². The highest BCUT2D eigenvalue weighted by atomic mass is 35.5. The number of aliphatic carboxylic acids is 1. The second kappa shape index (κ2) is 4.02. The quantitative estimate of drug-likeness (QED) is 0.776. The van der Waals surface area contributed by atoms with Crippen LogP contribution in [0.2, 0.25) is 5.02 Å². The van der Waals surface area contributed by atoms with Gasteiger partial charge in [-0.15, -0.1) is 0 Å². The van der Waals surface area contributed by atoms with Crippen LogP contribution in [-0.4, -0.2) is 16.2 Å². The molecule has 0 amide bonds. The number of carbonyl (C=O) groups is 1. The molecule has 15 heavy (non-hydrogen) atoms. The summed E-state index contributed by atoms with van der Waals surface area (Å²) < 4.78 is 26.3. The summed E-state index contributed by atoms with van der Waals surface area (Å²) in [5, 5.41) is 17.2. The van der Waals surface area contributed by atoms with Crippen LogP contribution in [0.25, 0.3) is 0 Å². The summed E-state index contributed by atoms with van der Waals surface area (Å²) in [5.41, 5.74) is -0.646. The first-order valence-corrected chi connectivity index (χ1v) is 4.33. The molecule has 2 N–H and O–H groups in total. The minimum absolute atomic E-state index is 0.562. The van der Waals surface area contributed by atoms with Crippen molar-refractivity contribution in [1.82, 2.24) is 0 Å². The molecule has 0 aliphatic rings. The number of hydrogen-bond donors (Lipinski definition) is 2. The lowest BCUT2D eigenvalue weighted by atomic mass is 9.99. The second-order valence-corrected chi connectivity index (χ2v) is 3.38. The molecule has 1 atom stereocenters. The third-order valence-corrected chi connectivity index (χ3v) is 2.26. The van der Waals surface area contributed by atoms with Gasteiger partial charge in [0.15, 0.2) is 11.6 Å². The molecule has 0 aromatic heterocycles. The van der Waals surface area contributed by atoms with Crippen molar-refractivity contribution in [3.63, 3.8) is 0 Å². The van der Waals surface area contributed by atoms with Gasteiger partial charge in [0, 0.05) is 5.56 Å². The summed E-state index contributed by atoms with van der Waals surface area (Å²) in [4.78, 5) is 10.6. The van der Waals surface area contributed by atoms with Crippen molar-refractivity contribution >= 4 is 17.6 Å². The molecule has 1 rings (SSSR count). The number of phenolic OH excluding ortho intramolecular Hbond substituents is 1. The molecule has 0 radical (unpaired) electrons. The molecule has 0 saturated heterocycles. The van der Waals surface area contributed by atoms with Gasteiger partial charge in [-0.1, -0.05) is 11.6 Å². The number of rotatable bonds is 2. The molecule has 1 aromatic rings. The fourth-order valence-corrected chi connectivity index (χ4v) is 1.32. The molecule has 6 heteroatoms. The number of halogens is 3. The summed E-state index contributed by atoms with van der Waals surface area (Å²) >= 11 is 5.32. The molecule has 82 valence electrons. The highest BCUT2D eigenvalue weighted by Crippen LogP contribution is 2.34. The highest BCUT2D eigenvalue weighted by molar-refractivity contribution is 6.30. The van der Waals surface area contributed by atoms with E-state index in [1.807, 2.05) is 0 Å². The standard InChI is InChI=1S/C9H7ClF2O3/c1-3(9(14)15)6-7(12)4(10)2-5(11)8(6)13/h2-3,13H,1H3,(H,14,15). The Balaban J connectivity index is 3.45. The van der Waals surface area contributed by atoms with Gasteiger partial charge < -0.3 is 10.2 Å². The van der Waals surface area contributed by atoms with Crippen LogP contribution in [-0.2, 0) is 4.79 Å². The zero-order valence-electron chi connectivity index (χ0n) is 7.59. The van der Waals surface area contributed by atoms with Crippen molar-refractivity contribution in [2.24, 2.45) is 0 Å². The van der Waals surface area contributed by atoms with Gasteiger partial charge in [-0.3, -0.25) is 4.79 Å². The van der Waals surface area contributed by atoms with E-state index in [-0.39, 0.29) is 0 Å². The summed E-state index contributed by atoms with van der Waals surface area (Å²) in [6, 6.07) is 0.588. The van der Waals surface area contributed by atoms with E-state index >= 15 is 0 Å². The first-order chi connectivity index (χ1) is 6.86. The largest absolute Gasteiger partial charge is 0.505 e. The van der Waals surface area contributed by atoms with Crippen molar-refractivity contribution in [1.29, 1.82) is 0 Å². The lowest BCUT2D eigenvalue weighted by Gasteiger charge is -2.11. The maximum Gasteiger partial charge on any atom is 0.310 e. The Morgan fingerprint density at radius 2 is 2.07 bits per heavy atom. The highest BCUT2D eigenvalue weighted by Gasteiger charge is 2.26. The van der Waals surface area contributed by atoms with Gasteiger partial charge in [-0.05, 0) is 13.0 Å². The number of benzene rings is 1. The lowest BCUT2D eigenvalue weighted by Crippen LogP contribution is -2.10. The van der Waals surface area contributed by atoms with Gasteiger partial charge in [0.1, 0.15) is 5.82 Å². The topological polar surface area (TPSA) is 57.5 Å². The van der Waals surface area contributed by atoms with Crippen LogP contribution >= 0.6 is 11.6 Å². The molecule has 0 saturated carbocycles. The molecule has 0 heterocycles. The smallest absolute Gasteiger partial charge is 0.310 e. The molecular formula is C9H7ClF2O3. The fraction of sp³-hybridized carbons (Fsp3) is 0.222. The van der Waals surface area contributed by atoms with E-state index < -0.39 is 39.9 Å². The Labute approximate surface area is 88.9 Å². The van der Waals surface area contributed by atoms with Crippen molar-refractivity contribution in [2.75, 3.05) is 0 Å². The molecule has 0 aliphatic carbocycles. The molecule has 0 spiro atoms. The minimum atomic E-state index is -1.38. The van der Waals surface area contributed by atoms with E-state index in [2.05, 4.69) is 0 Å². The Morgan fingerprint density at radius 1 is 1.53 bits per heavy atom. The molecule has 0 fully saturated rings. The average molecular weight is 237 g/mol. The van der Waals surface area contributed by atoms with Crippen LogP contribution in [0.4, 0.5) is 8.78 Å². The van der Waals surface area contributed by atoms with Gasteiger partial charge in [-0.2, -0.15) is 0 Å². The van der Waals surface area contributed by atoms with Gasteiger partial charge in [0.2, 0.25) is 0 Å². The second-order valence-electron chi connectivity index (χ2n) is 2.98. The predicted molar refractivity (Wildman–Crippen MR) is 49.1 cm³/mol. The SMILES string of the molecule is CC(C(=O)O)c1c(O)c(F)cc(Cl)c1F. The summed E-state index contributed by atoms with van der Waals surface area (Å²) in [6.07, 6.45) is 0. The van der Waals surface area contributed by atoms with Crippen LogP contribution in [0, 0.1) is 11.6 Å². The number of carboxylic acid groups (broad SMARTS) is 1. The van der Waals surface area contributed by atoms with Crippen LogP contribution < -0.4 is 0 Å². The monoisotopic (exact) mass is 236 g/mol. The van der Waals surface area contributed by atoms with E-state index in [0.717, 1.165) is 6.92 Å². The third kappa shape index (κ3) is 2.02.